The molecule has 1 fully saturated rings. The zero-order valence-electron chi connectivity index (χ0n) is 77.2. The van der Waals surface area contributed by atoms with E-state index in [0.717, 1.165) is 115 Å². The molecule has 0 atom stereocenters. The summed E-state index contributed by atoms with van der Waals surface area (Å²) in [5.74, 6) is -1.64. The fourth-order valence-electron chi connectivity index (χ4n) is 13.9. The van der Waals surface area contributed by atoms with E-state index >= 15 is 0 Å². The van der Waals surface area contributed by atoms with Gasteiger partial charge in [0.05, 0.1) is 19.9 Å². The molecule has 1 aliphatic carbocycles. The lowest BCUT2D eigenvalue weighted by molar-refractivity contribution is -0.137. The second-order valence-electron chi connectivity index (χ2n) is 34.2. The molecule has 1 aliphatic rings. The summed E-state index contributed by atoms with van der Waals surface area (Å²) in [6.07, 6.45) is 20.6. The van der Waals surface area contributed by atoms with E-state index in [-0.39, 0.29) is 47.7 Å². The van der Waals surface area contributed by atoms with E-state index in [4.69, 9.17) is 39.4 Å². The number of carboxylic acid groups (broad SMARTS) is 4. The molecular weight excluding hydrogens is 1690 g/mol. The number of benzene rings is 5. The number of carboxylic acids is 4. The number of carbonyl (C=O) groups is 4. The molecule has 0 spiro atoms. The van der Waals surface area contributed by atoms with E-state index in [1.165, 1.54) is 60.3 Å². The van der Waals surface area contributed by atoms with Crippen LogP contribution in [0.2, 0.25) is 0 Å². The van der Waals surface area contributed by atoms with Gasteiger partial charge >= 0.3 is 30.1 Å². The largest absolute Gasteiger partial charge is 0.493 e. The Kier molecular flexibility index (Phi) is 43.4. The fourth-order valence-corrected chi connectivity index (χ4v) is 15.5. The molecule has 4 N–H and O–H groups in total. The van der Waals surface area contributed by atoms with Gasteiger partial charge in [-0.15, -0.1) is 22.7 Å². The number of hydrogen-bond acceptors (Lipinski definition) is 10. The van der Waals surface area contributed by atoms with Gasteiger partial charge in [-0.3, -0.25) is 4.39 Å². The fraction of sp³-hybridized carbons (Fsp3) is 0.410. The molecule has 7 aromatic rings. The van der Waals surface area contributed by atoms with Crippen molar-refractivity contribution in [1.29, 1.82) is 0 Å². The van der Waals surface area contributed by atoms with Crippen LogP contribution in [0.3, 0.4) is 0 Å². The maximum Gasteiger partial charge on any atom is 0.389 e. The second kappa shape index (κ2) is 51.5. The molecule has 2 aromatic heterocycles. The lowest BCUT2D eigenvalue weighted by Gasteiger charge is -2.32. The van der Waals surface area contributed by atoms with Crippen molar-refractivity contribution in [3.8, 4) is 56.4 Å². The van der Waals surface area contributed by atoms with E-state index in [9.17, 15) is 58.7 Å². The van der Waals surface area contributed by atoms with Crippen molar-refractivity contribution < 1.29 is 98.1 Å². The molecule has 1 saturated carbocycles. The van der Waals surface area contributed by atoms with Crippen LogP contribution in [0.15, 0.2) is 191 Å². The summed E-state index contributed by atoms with van der Waals surface area (Å²) in [7, 11) is 0. The van der Waals surface area contributed by atoms with Crippen molar-refractivity contribution in [2.45, 2.75) is 249 Å². The number of alkyl halides is 8. The Bertz CT molecular complexity index is 5190. The van der Waals surface area contributed by atoms with Gasteiger partial charge in [-0.05, 0) is 253 Å². The minimum Gasteiger partial charge on any atom is -0.493 e. The maximum atomic E-state index is 14.5. The maximum absolute atomic E-state index is 14.5. The summed E-state index contributed by atoms with van der Waals surface area (Å²) in [4.78, 5) is 45.4. The Labute approximate surface area is 758 Å². The van der Waals surface area contributed by atoms with E-state index in [1.807, 2.05) is 74.0 Å². The normalized spacial score (nSPS) is 13.7. The smallest absolute Gasteiger partial charge is 0.389 e. The number of aryl methyl sites for hydroxylation is 2. The Hall–Kier alpha value is -10.7. The molecule has 0 bridgehead atoms. The summed E-state index contributed by atoms with van der Waals surface area (Å²) < 4.78 is 141. The van der Waals surface area contributed by atoms with E-state index in [1.54, 1.807) is 113 Å². The van der Waals surface area contributed by atoms with Gasteiger partial charge in [-0.2, -0.15) is 13.2 Å². The molecular formula is C105H127F9O12S2. The van der Waals surface area contributed by atoms with Crippen molar-refractivity contribution in [3.63, 3.8) is 0 Å². The number of thiophene rings is 2. The Morgan fingerprint density at radius 3 is 1.41 bits per heavy atom. The number of hydrogen-bond donors (Lipinski definition) is 4. The first-order valence-corrected chi connectivity index (χ1v) is 45.0. The third-order valence-corrected chi connectivity index (χ3v) is 23.5. The summed E-state index contributed by atoms with van der Waals surface area (Å²) >= 11 is 3.12. The lowest BCUT2D eigenvalue weighted by atomic mass is 9.74. The molecule has 8 rings (SSSR count). The third kappa shape index (κ3) is 34.7. The molecule has 0 unspecified atom stereocenters. The van der Waals surface area contributed by atoms with Crippen LogP contribution >= 0.6 is 22.7 Å². The average molecular weight is 1820 g/mol. The van der Waals surface area contributed by atoms with Gasteiger partial charge in [0.1, 0.15) is 42.0 Å². The van der Waals surface area contributed by atoms with Gasteiger partial charge in [0, 0.05) is 97.0 Å². The van der Waals surface area contributed by atoms with E-state index in [2.05, 4.69) is 106 Å². The predicted octanol–water partition coefficient (Wildman–Crippen LogP) is 30.4. The number of ether oxygens (including phenoxy) is 4. The van der Waals surface area contributed by atoms with Crippen molar-refractivity contribution in [2.75, 3.05) is 33.1 Å². The average Bonchev–Trinajstić information content (AvgIpc) is 1.05. The zero-order valence-corrected chi connectivity index (χ0v) is 78.8. The molecule has 2 heterocycles. The summed E-state index contributed by atoms with van der Waals surface area (Å²) in [6, 6.07) is 26.7. The first-order chi connectivity index (χ1) is 60.2. The minimum atomic E-state index is -4.21. The Balaban J connectivity index is 0.000000303. The highest BCUT2D eigenvalue weighted by atomic mass is 32.1. The summed E-state index contributed by atoms with van der Waals surface area (Å²) in [5.41, 5.74) is 17.0. The molecule has 0 aliphatic heterocycles. The van der Waals surface area contributed by atoms with Gasteiger partial charge in [0.25, 0.3) is 12.9 Å². The molecule has 5 aromatic carbocycles. The second-order valence-corrected chi connectivity index (χ2v) is 36.1. The highest BCUT2D eigenvalue weighted by Gasteiger charge is 2.33. The standard InChI is InChI=1S/C27H38F2O3.C26H31F3O3S.C26H27F3O3.C26H31FO3S/c1-9-26(5,6)20-15-21(19(4)13-11-12-18(3)14-24(30)31)25(32-17-23(28)29)22(16-20)27(7,8)10-2;1-6-18-15-20(19-10-13-33-22(19)9-8-17(2)14-23(30)31)24(21(16-18)25(3,4)5)32-12-7-11-26(27,28)29;1-16(2)21-13-19(20-10-5-6-11-23(20)27)14-22(26(21)32-15-24(28)29)18(4)9-7-8-17(3)12-25(30)31;1-3-19-16-22(20-7-4-5-8-20)26(30-13-6-12-27)23(17-19)21-11-14-31-24(21)10-9-18(2)15-25(28)29/h11-16,23H,9-10,17H2,1-8H3,(H,30,31);8-10,13-16H,6-7,11-12H2,1-5H3,(H,30,31);5-14,16,24H,15H2,1-4H3,(H,30,31);9-11,14-17,20H,3-8,12-13H2,1-2H3,(H,28,29)/b12-11+,18-14+,19-13-;9-8+,17-14+;8-7+,17-12+,18-9-;10-9+,18-15+. The molecule has 23 heteroatoms. The monoisotopic (exact) mass is 1810 g/mol. The molecule has 0 amide bonds. The van der Waals surface area contributed by atoms with E-state index < -0.39 is 62.5 Å². The number of rotatable bonds is 39. The summed E-state index contributed by atoms with van der Waals surface area (Å²) in [6.45, 7) is 36.1. The first-order valence-electron chi connectivity index (χ1n) is 43.2. The third-order valence-electron chi connectivity index (χ3n) is 21.8. The Morgan fingerprint density at radius 1 is 0.508 bits per heavy atom. The molecule has 128 heavy (non-hydrogen) atoms. The molecule has 0 radical (unpaired) electrons. The molecule has 0 saturated heterocycles. The van der Waals surface area contributed by atoms with Crippen LogP contribution in [0.4, 0.5) is 39.5 Å². The van der Waals surface area contributed by atoms with Crippen LogP contribution in [0.5, 0.6) is 23.0 Å². The first kappa shape index (κ1) is 108. The van der Waals surface area contributed by atoms with Crippen molar-refractivity contribution in [1.82, 2.24) is 0 Å². The van der Waals surface area contributed by atoms with E-state index in [0.29, 0.717) is 86.3 Å². The van der Waals surface area contributed by atoms with Crippen LogP contribution in [0, 0.1) is 5.82 Å². The highest BCUT2D eigenvalue weighted by Crippen LogP contribution is 2.49. The van der Waals surface area contributed by atoms with Gasteiger partial charge in [0.15, 0.2) is 0 Å². The van der Waals surface area contributed by atoms with Gasteiger partial charge < -0.3 is 39.4 Å². The van der Waals surface area contributed by atoms with Crippen molar-refractivity contribution in [3.05, 3.63) is 257 Å². The number of allylic oxidation sites excluding steroid dienone is 14. The topological polar surface area (TPSA) is 186 Å². The lowest BCUT2D eigenvalue weighted by Crippen LogP contribution is -2.23. The quantitative estimate of drug-likeness (QED) is 0.0124. The van der Waals surface area contributed by atoms with Crippen molar-refractivity contribution >= 4 is 69.8 Å². The van der Waals surface area contributed by atoms with Crippen LogP contribution in [0.25, 0.3) is 56.7 Å². The highest BCUT2D eigenvalue weighted by molar-refractivity contribution is 7.11. The SMILES string of the molecule is C/C(=C/C=C/C(C)=C/C(=O)O)c1cc(-c2ccccc2F)cc(C(C)C)c1OCC(F)F.CCC(C)(C)c1cc(\C(C)=C/C=C/C(C)=C/C(=O)O)c(OCC(F)F)c(C(C)(C)CC)c1.CCc1cc(-c2ccsc2/C=C/C(C)=C/C(=O)O)c(OCCCC(F)(F)F)c(C(C)(C)C)c1.CCc1cc(-c2ccsc2/C=C/C(C)=C/C(=O)O)c(OCCCF)c(C2CCCC2)c1. The van der Waals surface area contributed by atoms with Crippen LogP contribution in [-0.2, 0) is 48.3 Å². The van der Waals surface area contributed by atoms with Gasteiger partial charge in [-0.25, -0.2) is 41.1 Å². The minimum absolute atomic E-state index is 0.0309. The van der Waals surface area contributed by atoms with Crippen LogP contribution < -0.4 is 18.9 Å². The summed E-state index contributed by atoms with van der Waals surface area (Å²) in [5, 5.41) is 39.6. The van der Waals surface area contributed by atoms with Gasteiger partial charge in [-0.1, -0.05) is 188 Å². The van der Waals surface area contributed by atoms with Crippen molar-refractivity contribution in [2.24, 2.45) is 0 Å². The molecule has 694 valence electrons. The number of aliphatic carboxylic acids is 4. The Morgan fingerprint density at radius 2 is 0.961 bits per heavy atom. The van der Waals surface area contributed by atoms with Gasteiger partial charge in [0.2, 0.25) is 0 Å². The predicted molar refractivity (Wildman–Crippen MR) is 506 cm³/mol. The molecule has 12 nitrogen and oxygen atoms in total. The number of halogens is 9. The van der Waals surface area contributed by atoms with Crippen LogP contribution in [0.1, 0.15) is 261 Å². The zero-order chi connectivity index (χ0) is 95.6. The van der Waals surface area contributed by atoms with Crippen LogP contribution in [-0.4, -0.2) is 96.4 Å².